The van der Waals surface area contributed by atoms with Crippen LogP contribution < -0.4 is 0 Å². The lowest BCUT2D eigenvalue weighted by molar-refractivity contribution is 0.0574. The zero-order valence-corrected chi connectivity index (χ0v) is 11.4. The van der Waals surface area contributed by atoms with E-state index in [2.05, 4.69) is 0 Å². The van der Waals surface area contributed by atoms with Crippen LogP contribution in [0.15, 0.2) is 18.2 Å². The van der Waals surface area contributed by atoms with Crippen LogP contribution in [-0.4, -0.2) is 34.6 Å². The average Bonchev–Trinajstić information content (AvgIpc) is 2.28. The van der Waals surface area contributed by atoms with Crippen LogP contribution in [0.3, 0.4) is 0 Å². The molecule has 1 atom stereocenters. The minimum Gasteiger partial charge on any atom is -0.392 e. The molecular weight excluding hydrogens is 257 g/mol. The van der Waals surface area contributed by atoms with Crippen molar-refractivity contribution in [2.75, 3.05) is 6.54 Å². The number of hydrogen-bond acceptors (Lipinski definition) is 2. The van der Waals surface area contributed by atoms with Crippen LogP contribution in [0.4, 0.5) is 4.39 Å². The first-order valence-electron chi connectivity index (χ1n) is 5.77. The van der Waals surface area contributed by atoms with E-state index in [0.717, 1.165) is 0 Å². The van der Waals surface area contributed by atoms with Crippen molar-refractivity contribution in [1.82, 2.24) is 4.90 Å². The molecule has 100 valence electrons. The molecule has 0 heterocycles. The second kappa shape index (κ2) is 6.16. The molecule has 1 aromatic carbocycles. The third-order valence-electron chi connectivity index (χ3n) is 2.53. The Balaban J connectivity index is 3.06. The standard InChI is InChI=1S/C13H17ClFNO2/c1-8(2)16(7-9(3)17)13(18)10-5-4-6-11(14)12(10)15/h4-6,8-9,17H,7H2,1-3H3. The highest BCUT2D eigenvalue weighted by Crippen LogP contribution is 2.20. The van der Waals surface area contributed by atoms with Gasteiger partial charge in [-0.15, -0.1) is 0 Å². The zero-order valence-electron chi connectivity index (χ0n) is 10.7. The molecule has 0 saturated carbocycles. The maximum Gasteiger partial charge on any atom is 0.257 e. The summed E-state index contributed by atoms with van der Waals surface area (Å²) in [5.41, 5.74) is -0.0724. The van der Waals surface area contributed by atoms with Crippen LogP contribution in [0.1, 0.15) is 31.1 Å². The van der Waals surface area contributed by atoms with E-state index in [1.54, 1.807) is 6.92 Å². The number of amides is 1. The summed E-state index contributed by atoms with van der Waals surface area (Å²) in [6.07, 6.45) is -0.668. The maximum atomic E-state index is 13.8. The van der Waals surface area contributed by atoms with Crippen LogP contribution in [0, 0.1) is 5.82 Å². The summed E-state index contributed by atoms with van der Waals surface area (Å²) in [6, 6.07) is 4.17. The number of carbonyl (C=O) groups excluding carboxylic acids is 1. The molecule has 0 bridgehead atoms. The summed E-state index contributed by atoms with van der Waals surface area (Å²) >= 11 is 5.65. The zero-order chi connectivity index (χ0) is 13.9. The summed E-state index contributed by atoms with van der Waals surface area (Å²) in [5, 5.41) is 9.30. The van der Waals surface area contributed by atoms with E-state index >= 15 is 0 Å². The smallest absolute Gasteiger partial charge is 0.257 e. The molecule has 1 aromatic rings. The molecule has 0 aliphatic carbocycles. The molecular formula is C13H17ClFNO2. The van der Waals surface area contributed by atoms with Crippen LogP contribution >= 0.6 is 11.6 Å². The van der Waals surface area contributed by atoms with E-state index in [1.165, 1.54) is 23.1 Å². The number of aliphatic hydroxyl groups is 1. The van der Waals surface area contributed by atoms with Gasteiger partial charge in [0.05, 0.1) is 16.7 Å². The Morgan fingerprint density at radius 2 is 2.06 bits per heavy atom. The van der Waals surface area contributed by atoms with Gasteiger partial charge >= 0.3 is 0 Å². The topological polar surface area (TPSA) is 40.5 Å². The molecule has 1 rings (SSSR count). The highest BCUT2D eigenvalue weighted by Gasteiger charge is 2.23. The third kappa shape index (κ3) is 3.43. The van der Waals surface area contributed by atoms with Gasteiger partial charge in [-0.3, -0.25) is 4.79 Å². The summed E-state index contributed by atoms with van der Waals surface area (Å²) in [5.74, 6) is -1.19. The van der Waals surface area contributed by atoms with Crippen LogP contribution in [-0.2, 0) is 0 Å². The van der Waals surface area contributed by atoms with E-state index in [0.29, 0.717) is 0 Å². The number of rotatable bonds is 4. The van der Waals surface area contributed by atoms with Crippen LogP contribution in [0.2, 0.25) is 5.02 Å². The lowest BCUT2D eigenvalue weighted by Crippen LogP contribution is -2.41. The largest absolute Gasteiger partial charge is 0.392 e. The minimum absolute atomic E-state index is 0.0724. The van der Waals surface area contributed by atoms with E-state index < -0.39 is 17.8 Å². The Kier molecular flexibility index (Phi) is 5.11. The summed E-state index contributed by atoms with van der Waals surface area (Å²) in [7, 11) is 0. The predicted molar refractivity (Wildman–Crippen MR) is 69.3 cm³/mol. The first-order chi connectivity index (χ1) is 8.34. The highest BCUT2D eigenvalue weighted by molar-refractivity contribution is 6.31. The number of halogens is 2. The fourth-order valence-corrected chi connectivity index (χ4v) is 1.81. The second-order valence-electron chi connectivity index (χ2n) is 4.50. The molecule has 3 nitrogen and oxygen atoms in total. The van der Waals surface area contributed by atoms with Crippen molar-refractivity contribution in [2.45, 2.75) is 32.9 Å². The number of carbonyl (C=O) groups is 1. The number of benzene rings is 1. The molecule has 0 saturated heterocycles. The first kappa shape index (κ1) is 14.9. The predicted octanol–water partition coefficient (Wildman–Crippen LogP) is 2.71. The summed E-state index contributed by atoms with van der Waals surface area (Å²) in [4.78, 5) is 13.6. The van der Waals surface area contributed by atoms with Crippen LogP contribution in [0.5, 0.6) is 0 Å². The van der Waals surface area contributed by atoms with Gasteiger partial charge in [0.15, 0.2) is 5.82 Å². The van der Waals surface area contributed by atoms with Crippen molar-refractivity contribution in [3.8, 4) is 0 Å². The van der Waals surface area contributed by atoms with Gasteiger partial charge in [-0.1, -0.05) is 17.7 Å². The number of hydrogen-bond donors (Lipinski definition) is 1. The Morgan fingerprint density at radius 3 is 2.56 bits per heavy atom. The SMILES string of the molecule is CC(O)CN(C(=O)c1cccc(Cl)c1F)C(C)C. The van der Waals surface area contributed by atoms with Gasteiger partial charge in [0.2, 0.25) is 0 Å². The van der Waals surface area contributed by atoms with E-state index in [1.807, 2.05) is 13.8 Å². The number of nitrogens with zero attached hydrogens (tertiary/aromatic N) is 1. The van der Waals surface area contributed by atoms with Gasteiger partial charge in [0, 0.05) is 12.6 Å². The average molecular weight is 274 g/mol. The minimum atomic E-state index is -0.722. The van der Waals surface area contributed by atoms with Gasteiger partial charge in [-0.05, 0) is 32.9 Å². The van der Waals surface area contributed by atoms with Gasteiger partial charge in [-0.2, -0.15) is 0 Å². The van der Waals surface area contributed by atoms with E-state index in [9.17, 15) is 14.3 Å². The van der Waals surface area contributed by atoms with Crippen molar-refractivity contribution >= 4 is 17.5 Å². The molecule has 0 radical (unpaired) electrons. The Labute approximate surface area is 111 Å². The van der Waals surface area contributed by atoms with Crippen molar-refractivity contribution in [1.29, 1.82) is 0 Å². The van der Waals surface area contributed by atoms with Gasteiger partial charge in [0.25, 0.3) is 5.91 Å². The summed E-state index contributed by atoms with van der Waals surface area (Å²) in [6.45, 7) is 5.35. The Morgan fingerprint density at radius 1 is 1.44 bits per heavy atom. The quantitative estimate of drug-likeness (QED) is 0.916. The van der Waals surface area contributed by atoms with Gasteiger partial charge in [0.1, 0.15) is 0 Å². The maximum absolute atomic E-state index is 13.8. The molecule has 0 aliphatic heterocycles. The fraction of sp³-hybridized carbons (Fsp3) is 0.462. The monoisotopic (exact) mass is 273 g/mol. The lowest BCUT2D eigenvalue weighted by Gasteiger charge is -2.28. The second-order valence-corrected chi connectivity index (χ2v) is 4.91. The van der Waals surface area contributed by atoms with E-state index in [-0.39, 0.29) is 23.2 Å². The Hall–Kier alpha value is -1.13. The molecule has 0 spiro atoms. The Bertz CT molecular complexity index is 435. The molecule has 1 amide bonds. The van der Waals surface area contributed by atoms with Crippen molar-refractivity contribution in [3.05, 3.63) is 34.6 Å². The molecule has 5 heteroatoms. The molecule has 1 unspecified atom stereocenters. The lowest BCUT2D eigenvalue weighted by atomic mass is 10.1. The van der Waals surface area contributed by atoms with Crippen molar-refractivity contribution in [2.24, 2.45) is 0 Å². The van der Waals surface area contributed by atoms with Crippen molar-refractivity contribution in [3.63, 3.8) is 0 Å². The number of aliphatic hydroxyl groups excluding tert-OH is 1. The van der Waals surface area contributed by atoms with Gasteiger partial charge in [-0.25, -0.2) is 4.39 Å². The molecule has 0 fully saturated rings. The van der Waals surface area contributed by atoms with Crippen molar-refractivity contribution < 1.29 is 14.3 Å². The van der Waals surface area contributed by atoms with E-state index in [4.69, 9.17) is 11.6 Å². The molecule has 18 heavy (non-hydrogen) atoms. The molecule has 1 N–H and O–H groups in total. The fourth-order valence-electron chi connectivity index (χ4n) is 1.64. The van der Waals surface area contributed by atoms with Gasteiger partial charge < -0.3 is 10.0 Å². The molecule has 0 aromatic heterocycles. The van der Waals surface area contributed by atoms with Crippen LogP contribution in [0.25, 0.3) is 0 Å². The first-order valence-corrected chi connectivity index (χ1v) is 6.15. The third-order valence-corrected chi connectivity index (χ3v) is 2.82. The summed E-state index contributed by atoms with van der Waals surface area (Å²) < 4.78 is 13.8. The highest BCUT2D eigenvalue weighted by atomic mass is 35.5. The molecule has 0 aliphatic rings. The normalized spacial score (nSPS) is 12.6.